The van der Waals surface area contributed by atoms with Crippen molar-refractivity contribution in [2.75, 3.05) is 19.6 Å². The van der Waals surface area contributed by atoms with Crippen molar-refractivity contribution in [1.29, 1.82) is 0 Å². The molecule has 112 valence electrons. The maximum atomic E-state index is 12.4. The molecule has 0 aromatic heterocycles. The minimum absolute atomic E-state index is 0.591. The van der Waals surface area contributed by atoms with Crippen LogP contribution < -0.4 is 5.32 Å². The molecule has 1 N–H and O–H groups in total. The van der Waals surface area contributed by atoms with Gasteiger partial charge in [-0.25, -0.2) is 0 Å². The summed E-state index contributed by atoms with van der Waals surface area (Å²) in [5.41, 5.74) is 0.291. The van der Waals surface area contributed by atoms with E-state index in [-0.39, 0.29) is 0 Å². The Hall–Kier alpha value is -1.07. The summed E-state index contributed by atoms with van der Waals surface area (Å²) in [7, 11) is 0. The van der Waals surface area contributed by atoms with Crippen molar-refractivity contribution in [3.05, 3.63) is 35.4 Å². The highest BCUT2D eigenvalue weighted by molar-refractivity contribution is 5.24. The molecule has 0 bridgehead atoms. The van der Waals surface area contributed by atoms with Crippen molar-refractivity contribution in [2.24, 2.45) is 0 Å². The Labute approximate surface area is 118 Å². The first-order valence-electron chi connectivity index (χ1n) is 7.11. The number of nitrogens with zero attached hydrogens (tertiary/aromatic N) is 1. The average molecular weight is 286 g/mol. The molecule has 1 aromatic carbocycles. The number of rotatable bonds is 7. The monoisotopic (exact) mass is 286 g/mol. The van der Waals surface area contributed by atoms with E-state index in [0.29, 0.717) is 6.54 Å². The van der Waals surface area contributed by atoms with Crippen molar-refractivity contribution >= 4 is 0 Å². The third-order valence-electron chi connectivity index (χ3n) is 3.66. The third kappa shape index (κ3) is 4.49. The van der Waals surface area contributed by atoms with Gasteiger partial charge in [0.1, 0.15) is 0 Å². The van der Waals surface area contributed by atoms with Crippen LogP contribution in [0.5, 0.6) is 0 Å². The lowest BCUT2D eigenvalue weighted by Gasteiger charge is -2.19. The quantitative estimate of drug-likeness (QED) is 0.774. The fraction of sp³-hybridized carbons (Fsp3) is 0.600. The van der Waals surface area contributed by atoms with Gasteiger partial charge in [0.2, 0.25) is 0 Å². The molecule has 0 aliphatic heterocycles. The maximum Gasteiger partial charge on any atom is 0.416 e. The van der Waals surface area contributed by atoms with E-state index in [2.05, 4.69) is 17.1 Å². The van der Waals surface area contributed by atoms with Gasteiger partial charge >= 0.3 is 6.18 Å². The molecule has 1 aliphatic rings. The number of likely N-dealkylation sites (N-methyl/N-ethyl adjacent to an activating group) is 1. The fourth-order valence-electron chi connectivity index (χ4n) is 2.31. The topological polar surface area (TPSA) is 15.3 Å². The molecule has 0 amide bonds. The Balaban J connectivity index is 1.71. The van der Waals surface area contributed by atoms with Gasteiger partial charge in [-0.2, -0.15) is 13.2 Å². The predicted octanol–water partition coefficient (Wildman–Crippen LogP) is 3.28. The van der Waals surface area contributed by atoms with E-state index in [1.165, 1.54) is 25.0 Å². The van der Waals surface area contributed by atoms with Crippen LogP contribution in [0.2, 0.25) is 0 Å². The maximum absolute atomic E-state index is 12.4. The lowest BCUT2D eigenvalue weighted by atomic mass is 10.1. The van der Waals surface area contributed by atoms with Crippen LogP contribution in [0.15, 0.2) is 24.3 Å². The molecular formula is C15H21F3N2. The molecule has 1 aromatic rings. The van der Waals surface area contributed by atoms with Crippen molar-refractivity contribution in [2.45, 2.75) is 38.5 Å². The molecule has 0 spiro atoms. The Bertz CT molecular complexity index is 410. The fourth-order valence-corrected chi connectivity index (χ4v) is 2.31. The van der Waals surface area contributed by atoms with Crippen LogP contribution in [-0.4, -0.2) is 30.6 Å². The number of nitrogens with one attached hydrogen (secondary N) is 1. The SMILES string of the molecule is CCN(CCNCc1ccc(C(F)(F)F)cc1)C1CC1. The smallest absolute Gasteiger partial charge is 0.311 e. The van der Waals surface area contributed by atoms with E-state index >= 15 is 0 Å². The summed E-state index contributed by atoms with van der Waals surface area (Å²) in [6.07, 6.45) is -1.66. The van der Waals surface area contributed by atoms with Crippen LogP contribution in [0.25, 0.3) is 0 Å². The van der Waals surface area contributed by atoms with E-state index in [1.54, 1.807) is 0 Å². The van der Waals surface area contributed by atoms with Gasteiger partial charge in [0.05, 0.1) is 5.56 Å². The number of hydrogen-bond donors (Lipinski definition) is 1. The average Bonchev–Trinajstić information content (AvgIpc) is 3.23. The van der Waals surface area contributed by atoms with Crippen LogP contribution >= 0.6 is 0 Å². The van der Waals surface area contributed by atoms with E-state index in [9.17, 15) is 13.2 Å². The van der Waals surface area contributed by atoms with Gasteiger partial charge < -0.3 is 5.32 Å². The molecule has 5 heteroatoms. The lowest BCUT2D eigenvalue weighted by Crippen LogP contribution is -2.33. The second-order valence-electron chi connectivity index (χ2n) is 5.23. The van der Waals surface area contributed by atoms with Gasteiger partial charge in [0, 0.05) is 25.7 Å². The minimum Gasteiger partial charge on any atom is -0.311 e. The molecule has 0 heterocycles. The molecule has 0 atom stereocenters. The summed E-state index contributed by atoms with van der Waals surface area (Å²) in [5.74, 6) is 0. The summed E-state index contributed by atoms with van der Waals surface area (Å²) < 4.78 is 37.2. The molecule has 0 unspecified atom stereocenters. The van der Waals surface area contributed by atoms with Crippen molar-refractivity contribution in [1.82, 2.24) is 10.2 Å². The lowest BCUT2D eigenvalue weighted by molar-refractivity contribution is -0.137. The van der Waals surface area contributed by atoms with Gasteiger partial charge in [0.25, 0.3) is 0 Å². The van der Waals surface area contributed by atoms with Crippen LogP contribution in [-0.2, 0) is 12.7 Å². The van der Waals surface area contributed by atoms with Gasteiger partial charge in [-0.05, 0) is 37.1 Å². The van der Waals surface area contributed by atoms with Crippen LogP contribution in [0.1, 0.15) is 30.9 Å². The normalized spacial score (nSPS) is 15.8. The third-order valence-corrected chi connectivity index (χ3v) is 3.66. The highest BCUT2D eigenvalue weighted by atomic mass is 19.4. The minimum atomic E-state index is -4.25. The highest BCUT2D eigenvalue weighted by Gasteiger charge is 2.30. The Morgan fingerprint density at radius 3 is 2.35 bits per heavy atom. The Kier molecular flexibility index (Phi) is 5.05. The van der Waals surface area contributed by atoms with Gasteiger partial charge in [0.15, 0.2) is 0 Å². The number of alkyl halides is 3. The van der Waals surface area contributed by atoms with Crippen LogP contribution in [0.3, 0.4) is 0 Å². The molecule has 1 aliphatic carbocycles. The zero-order valence-electron chi connectivity index (χ0n) is 11.7. The summed E-state index contributed by atoms with van der Waals surface area (Å²) in [6, 6.07) is 6.11. The summed E-state index contributed by atoms with van der Waals surface area (Å²) in [4.78, 5) is 2.44. The van der Waals surface area contributed by atoms with Crippen molar-refractivity contribution in [3.8, 4) is 0 Å². The molecule has 0 saturated heterocycles. The first kappa shape index (κ1) is 15.3. The molecule has 2 nitrogen and oxygen atoms in total. The Morgan fingerprint density at radius 1 is 1.20 bits per heavy atom. The van der Waals surface area contributed by atoms with E-state index < -0.39 is 11.7 Å². The van der Waals surface area contributed by atoms with Crippen LogP contribution in [0, 0.1) is 0 Å². The predicted molar refractivity (Wildman–Crippen MR) is 73.4 cm³/mol. The molecular weight excluding hydrogens is 265 g/mol. The zero-order valence-corrected chi connectivity index (χ0v) is 11.7. The molecule has 1 saturated carbocycles. The molecule has 1 fully saturated rings. The highest BCUT2D eigenvalue weighted by Crippen LogP contribution is 2.29. The standard InChI is InChI=1S/C15H21F3N2/c1-2-20(14-7-8-14)10-9-19-11-12-3-5-13(6-4-12)15(16,17)18/h3-6,14,19H,2,7-11H2,1H3. The largest absolute Gasteiger partial charge is 0.416 e. The van der Waals surface area contributed by atoms with Gasteiger partial charge in [-0.15, -0.1) is 0 Å². The van der Waals surface area contributed by atoms with E-state index in [1.807, 2.05) is 0 Å². The van der Waals surface area contributed by atoms with E-state index in [0.717, 1.165) is 43.4 Å². The molecule has 20 heavy (non-hydrogen) atoms. The second kappa shape index (κ2) is 6.59. The first-order valence-corrected chi connectivity index (χ1v) is 7.11. The van der Waals surface area contributed by atoms with Crippen LogP contribution in [0.4, 0.5) is 13.2 Å². The zero-order chi connectivity index (χ0) is 14.6. The van der Waals surface area contributed by atoms with E-state index in [4.69, 9.17) is 0 Å². The molecule has 2 rings (SSSR count). The number of hydrogen-bond acceptors (Lipinski definition) is 2. The number of benzene rings is 1. The van der Waals surface area contributed by atoms with Gasteiger partial charge in [-0.1, -0.05) is 19.1 Å². The number of halogens is 3. The Morgan fingerprint density at radius 2 is 1.85 bits per heavy atom. The van der Waals surface area contributed by atoms with Crippen molar-refractivity contribution in [3.63, 3.8) is 0 Å². The first-order chi connectivity index (χ1) is 9.50. The summed E-state index contributed by atoms with van der Waals surface area (Å²) in [5, 5.41) is 3.28. The summed E-state index contributed by atoms with van der Waals surface area (Å²) in [6.45, 7) is 5.70. The molecule has 0 radical (unpaired) electrons. The summed E-state index contributed by atoms with van der Waals surface area (Å²) >= 11 is 0. The second-order valence-corrected chi connectivity index (χ2v) is 5.23. The van der Waals surface area contributed by atoms with Crippen molar-refractivity contribution < 1.29 is 13.2 Å². The van der Waals surface area contributed by atoms with Gasteiger partial charge in [-0.3, -0.25) is 4.90 Å².